The highest BCUT2D eigenvalue weighted by Gasteiger charge is 2.40. The molecule has 2 unspecified atom stereocenters. The van der Waals surface area contributed by atoms with Crippen LogP contribution in [0.1, 0.15) is 0 Å². The van der Waals surface area contributed by atoms with E-state index in [0.29, 0.717) is 49.5 Å². The van der Waals surface area contributed by atoms with Gasteiger partial charge in [-0.05, 0) is 12.1 Å². The number of nitrogens with zero attached hydrogens (tertiary/aromatic N) is 4. The molecule has 9 heteroatoms. The number of fused-ring (bicyclic) bond motifs is 3. The van der Waals surface area contributed by atoms with Crippen molar-refractivity contribution in [2.24, 2.45) is 11.8 Å². The fraction of sp³-hybridized carbons (Fsp3) is 0.450. The van der Waals surface area contributed by atoms with E-state index in [0.717, 1.165) is 13.1 Å². The SMILES string of the molecule is [C-]#[N+]c1ccc(N2CCOc3c(OC4C5CNCC4COC5)ncnc32)c(F)c1. The maximum Gasteiger partial charge on any atom is 0.262 e. The molecule has 3 aliphatic rings. The lowest BCUT2D eigenvalue weighted by Gasteiger charge is -2.42. The molecule has 8 nitrogen and oxygen atoms in total. The lowest BCUT2D eigenvalue weighted by Crippen LogP contribution is -2.56. The Morgan fingerprint density at radius 2 is 2.07 bits per heavy atom. The van der Waals surface area contributed by atoms with Crippen molar-refractivity contribution in [3.8, 4) is 11.6 Å². The molecule has 5 rings (SSSR count). The fourth-order valence-electron chi connectivity index (χ4n) is 4.19. The fourth-order valence-corrected chi connectivity index (χ4v) is 4.19. The number of aromatic nitrogens is 2. The van der Waals surface area contributed by atoms with E-state index >= 15 is 0 Å². The van der Waals surface area contributed by atoms with E-state index in [2.05, 4.69) is 20.1 Å². The van der Waals surface area contributed by atoms with Crippen LogP contribution in [0.2, 0.25) is 0 Å². The lowest BCUT2D eigenvalue weighted by atomic mass is 9.86. The molecule has 2 saturated heterocycles. The van der Waals surface area contributed by atoms with Gasteiger partial charge in [0, 0.05) is 24.9 Å². The first-order chi connectivity index (χ1) is 14.2. The minimum absolute atomic E-state index is 0.0161. The van der Waals surface area contributed by atoms with Crippen LogP contribution in [-0.2, 0) is 4.74 Å². The Kier molecular flexibility index (Phi) is 4.66. The van der Waals surface area contributed by atoms with E-state index < -0.39 is 5.82 Å². The third-order valence-electron chi connectivity index (χ3n) is 5.57. The van der Waals surface area contributed by atoms with Crippen LogP contribution in [0.5, 0.6) is 11.6 Å². The molecule has 1 N–H and O–H groups in total. The van der Waals surface area contributed by atoms with Gasteiger partial charge in [-0.2, -0.15) is 4.98 Å². The van der Waals surface area contributed by atoms with Gasteiger partial charge in [-0.1, -0.05) is 6.07 Å². The summed E-state index contributed by atoms with van der Waals surface area (Å²) >= 11 is 0. The van der Waals surface area contributed by atoms with Gasteiger partial charge in [0.15, 0.2) is 11.5 Å². The number of rotatable bonds is 3. The molecule has 0 spiro atoms. The van der Waals surface area contributed by atoms with Gasteiger partial charge in [-0.15, -0.1) is 0 Å². The predicted molar refractivity (Wildman–Crippen MR) is 102 cm³/mol. The van der Waals surface area contributed by atoms with Gasteiger partial charge in [-0.3, -0.25) is 0 Å². The molecule has 0 aliphatic carbocycles. The van der Waals surface area contributed by atoms with Crippen molar-refractivity contribution >= 4 is 17.2 Å². The van der Waals surface area contributed by atoms with Gasteiger partial charge in [0.05, 0.1) is 32.0 Å². The zero-order valence-corrected chi connectivity index (χ0v) is 15.7. The highest BCUT2D eigenvalue weighted by Crippen LogP contribution is 2.42. The highest BCUT2D eigenvalue weighted by atomic mass is 19.1. The quantitative estimate of drug-likeness (QED) is 0.797. The number of hydrogen-bond acceptors (Lipinski definition) is 7. The monoisotopic (exact) mass is 397 g/mol. The molecule has 2 fully saturated rings. The molecule has 150 valence electrons. The summed E-state index contributed by atoms with van der Waals surface area (Å²) in [5.41, 5.74) is 0.602. The van der Waals surface area contributed by atoms with Crippen molar-refractivity contribution in [1.29, 1.82) is 0 Å². The minimum atomic E-state index is -0.475. The van der Waals surface area contributed by atoms with Crippen LogP contribution >= 0.6 is 0 Å². The summed E-state index contributed by atoms with van der Waals surface area (Å²) < 4.78 is 32.5. The van der Waals surface area contributed by atoms with Crippen LogP contribution in [-0.4, -0.2) is 55.5 Å². The second-order valence-electron chi connectivity index (χ2n) is 7.38. The van der Waals surface area contributed by atoms with Crippen molar-refractivity contribution in [1.82, 2.24) is 15.3 Å². The zero-order chi connectivity index (χ0) is 19.8. The van der Waals surface area contributed by atoms with Crippen molar-refractivity contribution in [2.45, 2.75) is 6.10 Å². The van der Waals surface area contributed by atoms with Gasteiger partial charge in [0.2, 0.25) is 5.75 Å². The summed E-state index contributed by atoms with van der Waals surface area (Å²) in [7, 11) is 0. The van der Waals surface area contributed by atoms with Crippen molar-refractivity contribution in [2.75, 3.05) is 44.4 Å². The van der Waals surface area contributed by atoms with Crippen LogP contribution in [0.15, 0.2) is 24.5 Å². The Balaban J connectivity index is 1.47. The van der Waals surface area contributed by atoms with Crippen molar-refractivity contribution in [3.63, 3.8) is 0 Å². The van der Waals surface area contributed by atoms with E-state index in [9.17, 15) is 4.39 Å². The second-order valence-corrected chi connectivity index (χ2v) is 7.38. The zero-order valence-electron chi connectivity index (χ0n) is 15.7. The highest BCUT2D eigenvalue weighted by molar-refractivity contribution is 5.70. The number of hydrogen-bond donors (Lipinski definition) is 1. The van der Waals surface area contributed by atoms with Crippen LogP contribution in [0, 0.1) is 24.2 Å². The van der Waals surface area contributed by atoms with Gasteiger partial charge in [0.1, 0.15) is 24.9 Å². The molecule has 2 atom stereocenters. The summed E-state index contributed by atoms with van der Waals surface area (Å²) in [6.07, 6.45) is 1.40. The smallest absolute Gasteiger partial charge is 0.262 e. The Morgan fingerprint density at radius 3 is 2.83 bits per heavy atom. The molecule has 1 aromatic carbocycles. The number of piperidine rings is 1. The standard InChI is InChI=1S/C20H20FN5O3/c1-22-14-2-3-16(15(21)6-14)26-4-5-28-18-19(26)24-11-25-20(18)29-17-12-7-23-8-13(17)10-27-9-12/h2-3,6,11-13,17,23H,4-5,7-10H2. The molecule has 29 heavy (non-hydrogen) atoms. The number of benzene rings is 1. The molecule has 0 amide bonds. The number of halogens is 1. The number of anilines is 2. The Morgan fingerprint density at radius 1 is 1.24 bits per heavy atom. The van der Waals surface area contributed by atoms with Crippen LogP contribution in [0.4, 0.5) is 21.6 Å². The van der Waals surface area contributed by atoms with E-state index in [1.54, 1.807) is 17.0 Å². The Bertz CT molecular complexity index is 944. The van der Waals surface area contributed by atoms with E-state index in [-0.39, 0.29) is 23.6 Å². The van der Waals surface area contributed by atoms with E-state index in [1.165, 1.54) is 12.4 Å². The van der Waals surface area contributed by atoms with Gasteiger partial charge < -0.3 is 24.4 Å². The second kappa shape index (κ2) is 7.46. The lowest BCUT2D eigenvalue weighted by molar-refractivity contribution is -0.0841. The summed E-state index contributed by atoms with van der Waals surface area (Å²) in [6.45, 7) is 10.8. The van der Waals surface area contributed by atoms with E-state index in [1.807, 2.05) is 0 Å². The average molecular weight is 397 g/mol. The number of nitrogens with one attached hydrogen (secondary N) is 1. The van der Waals surface area contributed by atoms with Gasteiger partial charge in [-0.25, -0.2) is 14.2 Å². The third kappa shape index (κ3) is 3.24. The molecular weight excluding hydrogens is 377 g/mol. The summed E-state index contributed by atoms with van der Waals surface area (Å²) in [5, 5.41) is 3.41. The molecule has 1 aromatic heterocycles. The number of ether oxygens (including phenoxy) is 3. The van der Waals surface area contributed by atoms with Gasteiger partial charge in [0.25, 0.3) is 5.88 Å². The van der Waals surface area contributed by atoms with Crippen molar-refractivity contribution < 1.29 is 18.6 Å². The topological polar surface area (TPSA) is 73.1 Å². The molecular formula is C20H20FN5O3. The summed E-state index contributed by atoms with van der Waals surface area (Å²) in [4.78, 5) is 13.7. The largest absolute Gasteiger partial charge is 0.483 e. The van der Waals surface area contributed by atoms with Crippen LogP contribution < -0.4 is 19.7 Å². The molecule has 0 saturated carbocycles. The summed E-state index contributed by atoms with van der Waals surface area (Å²) in [5.74, 6) is 1.27. The molecule has 0 radical (unpaired) electrons. The van der Waals surface area contributed by atoms with Crippen LogP contribution in [0.25, 0.3) is 4.85 Å². The Labute approximate surface area is 167 Å². The Hall–Kier alpha value is -2.96. The maximum atomic E-state index is 14.6. The van der Waals surface area contributed by atoms with Crippen molar-refractivity contribution in [3.05, 3.63) is 41.8 Å². The summed E-state index contributed by atoms with van der Waals surface area (Å²) in [6, 6.07) is 4.41. The van der Waals surface area contributed by atoms with Crippen LogP contribution in [0.3, 0.4) is 0 Å². The third-order valence-corrected chi connectivity index (χ3v) is 5.57. The predicted octanol–water partition coefficient (Wildman–Crippen LogP) is 2.31. The average Bonchev–Trinajstić information content (AvgIpc) is 2.73. The normalized spacial score (nSPS) is 25.5. The minimum Gasteiger partial charge on any atom is -0.483 e. The molecule has 2 aromatic rings. The molecule has 4 heterocycles. The first-order valence-corrected chi connectivity index (χ1v) is 9.62. The van der Waals surface area contributed by atoms with E-state index in [4.69, 9.17) is 20.8 Å². The van der Waals surface area contributed by atoms with Gasteiger partial charge >= 0.3 is 0 Å². The molecule has 3 aliphatic heterocycles. The first kappa shape index (κ1) is 18.1. The first-order valence-electron chi connectivity index (χ1n) is 9.62. The maximum absolute atomic E-state index is 14.6. The molecule has 2 bridgehead atoms.